The molecule has 0 spiro atoms. The molecule has 0 radical (unpaired) electrons. The van der Waals surface area contributed by atoms with Gasteiger partial charge in [-0.15, -0.1) is 6.58 Å². The number of hydrogen-bond donors (Lipinski definition) is 0. The molecule has 2 aromatic rings. The Kier molecular flexibility index (Phi) is 9.14. The number of nitrogens with zero attached hydrogens (tertiary/aromatic N) is 2. The first-order valence-electron chi connectivity index (χ1n) is 14.3. The molecular formula is C33H42N2O5. The quantitative estimate of drug-likeness (QED) is 0.238. The van der Waals surface area contributed by atoms with Gasteiger partial charge in [-0.3, -0.25) is 19.3 Å². The van der Waals surface area contributed by atoms with E-state index in [1.165, 1.54) is 13.8 Å². The Bertz CT molecular complexity index is 1230. The number of carbonyl (C=O) groups excluding carboxylic acids is 3. The number of benzene rings is 2. The van der Waals surface area contributed by atoms with E-state index in [0.717, 1.165) is 18.5 Å². The molecule has 1 amide bonds. The number of piperidine rings is 1. The van der Waals surface area contributed by atoms with Crippen LogP contribution in [0.3, 0.4) is 0 Å². The lowest BCUT2D eigenvalue weighted by Crippen LogP contribution is -2.68. The third-order valence-corrected chi connectivity index (χ3v) is 8.33. The predicted molar refractivity (Wildman–Crippen MR) is 155 cm³/mol. The van der Waals surface area contributed by atoms with Gasteiger partial charge in [-0.05, 0) is 68.0 Å². The highest BCUT2D eigenvalue weighted by Gasteiger charge is 2.61. The molecule has 0 bridgehead atoms. The highest BCUT2D eigenvalue weighted by molar-refractivity contribution is 5.94. The smallest absolute Gasteiger partial charge is 0.308 e. The Morgan fingerprint density at radius 1 is 1.07 bits per heavy atom. The van der Waals surface area contributed by atoms with E-state index in [4.69, 9.17) is 9.47 Å². The molecule has 3 atom stereocenters. The molecule has 2 fully saturated rings. The molecule has 0 N–H and O–H groups in total. The molecule has 214 valence electrons. The second kappa shape index (κ2) is 12.4. The zero-order chi connectivity index (χ0) is 28.9. The zero-order valence-electron chi connectivity index (χ0n) is 24.2. The minimum Gasteiger partial charge on any atom is -0.457 e. The average molecular weight is 547 g/mol. The monoisotopic (exact) mass is 546 g/mol. The van der Waals surface area contributed by atoms with E-state index in [-0.39, 0.29) is 29.8 Å². The van der Waals surface area contributed by atoms with Crippen LogP contribution in [0.5, 0.6) is 5.75 Å². The molecule has 2 aromatic carbocycles. The van der Waals surface area contributed by atoms with Crippen molar-refractivity contribution in [2.45, 2.75) is 70.4 Å². The maximum Gasteiger partial charge on any atom is 0.308 e. The molecule has 1 aliphatic heterocycles. The number of likely N-dealkylation sites (tertiary alicyclic amines) is 1. The Morgan fingerprint density at radius 2 is 1.82 bits per heavy atom. The van der Waals surface area contributed by atoms with Gasteiger partial charge >= 0.3 is 11.9 Å². The van der Waals surface area contributed by atoms with Crippen molar-refractivity contribution in [1.29, 1.82) is 0 Å². The van der Waals surface area contributed by atoms with Crippen LogP contribution in [0, 0.1) is 5.92 Å². The summed E-state index contributed by atoms with van der Waals surface area (Å²) in [5, 5.41) is 0. The second-order valence-corrected chi connectivity index (χ2v) is 11.7. The van der Waals surface area contributed by atoms with Crippen LogP contribution in [-0.2, 0) is 19.7 Å². The molecule has 7 nitrogen and oxygen atoms in total. The summed E-state index contributed by atoms with van der Waals surface area (Å²) in [5.74, 6) is 0.0578. The molecule has 1 saturated carbocycles. The van der Waals surface area contributed by atoms with Crippen molar-refractivity contribution in [3.05, 3.63) is 78.4 Å². The van der Waals surface area contributed by atoms with Crippen LogP contribution in [0.25, 0.3) is 0 Å². The van der Waals surface area contributed by atoms with Crippen LogP contribution in [-0.4, -0.2) is 65.5 Å². The minimum atomic E-state index is -0.801. The lowest BCUT2D eigenvalue weighted by molar-refractivity contribution is -0.188. The Balaban J connectivity index is 1.83. The van der Waals surface area contributed by atoms with E-state index in [2.05, 4.69) is 25.3 Å². The number of fused-ring (bicyclic) bond motifs is 1. The number of esters is 2. The molecule has 7 heteroatoms. The first-order valence-corrected chi connectivity index (χ1v) is 14.3. The van der Waals surface area contributed by atoms with Crippen molar-refractivity contribution >= 4 is 17.8 Å². The fourth-order valence-corrected chi connectivity index (χ4v) is 6.83. The number of hydrogen-bond acceptors (Lipinski definition) is 6. The summed E-state index contributed by atoms with van der Waals surface area (Å²) < 4.78 is 11.9. The standard InChI is InChI=1S/C33H42N2O5/c1-6-18-34-19-17-32(28-13-10-14-30(20-28)39-25(4)36)21-29(15-16-33(32,23-34)40-26(5)37)35(22-24(2)3)31(38)27-11-8-7-9-12-27/h6-14,20,24,29H,1,15-19,21-23H2,2-5H3/t29-,32?,33?/m1/s1. The van der Waals surface area contributed by atoms with Gasteiger partial charge in [0.05, 0.1) is 0 Å². The molecule has 2 unspecified atom stereocenters. The lowest BCUT2D eigenvalue weighted by Gasteiger charge is -2.60. The Labute approximate surface area is 238 Å². The third-order valence-electron chi connectivity index (χ3n) is 8.33. The van der Waals surface area contributed by atoms with Gasteiger partial charge in [-0.1, -0.05) is 50.3 Å². The molecule has 2 aliphatic rings. The summed E-state index contributed by atoms with van der Waals surface area (Å²) in [7, 11) is 0. The van der Waals surface area contributed by atoms with Crippen molar-refractivity contribution in [3.8, 4) is 5.75 Å². The van der Waals surface area contributed by atoms with E-state index in [9.17, 15) is 14.4 Å². The molecule has 1 heterocycles. The van der Waals surface area contributed by atoms with E-state index in [1.54, 1.807) is 6.07 Å². The van der Waals surface area contributed by atoms with Gasteiger partial charge in [0.2, 0.25) is 0 Å². The maximum absolute atomic E-state index is 13.9. The van der Waals surface area contributed by atoms with Crippen molar-refractivity contribution in [2.24, 2.45) is 5.92 Å². The summed E-state index contributed by atoms with van der Waals surface area (Å²) in [6.45, 7) is 13.7. The molecule has 40 heavy (non-hydrogen) atoms. The van der Waals surface area contributed by atoms with Gasteiger partial charge in [-0.2, -0.15) is 0 Å². The fourth-order valence-electron chi connectivity index (χ4n) is 6.83. The number of amides is 1. The van der Waals surface area contributed by atoms with Gasteiger partial charge in [-0.25, -0.2) is 0 Å². The number of ether oxygens (including phenoxy) is 2. The summed E-state index contributed by atoms with van der Waals surface area (Å²) in [4.78, 5) is 42.7. The first kappa shape index (κ1) is 29.5. The fraction of sp³-hybridized carbons (Fsp3) is 0.485. The van der Waals surface area contributed by atoms with Crippen LogP contribution >= 0.6 is 0 Å². The van der Waals surface area contributed by atoms with Crippen molar-refractivity contribution in [2.75, 3.05) is 26.2 Å². The summed E-state index contributed by atoms with van der Waals surface area (Å²) in [5.41, 5.74) is 0.255. The van der Waals surface area contributed by atoms with Crippen LogP contribution in [0.2, 0.25) is 0 Å². The molecule has 1 aliphatic carbocycles. The van der Waals surface area contributed by atoms with Gasteiger partial charge < -0.3 is 14.4 Å². The third kappa shape index (κ3) is 6.15. The van der Waals surface area contributed by atoms with Gasteiger partial charge in [0, 0.05) is 50.5 Å². The van der Waals surface area contributed by atoms with Crippen LogP contribution < -0.4 is 4.74 Å². The van der Waals surface area contributed by atoms with E-state index < -0.39 is 11.0 Å². The topological polar surface area (TPSA) is 76.2 Å². The minimum absolute atomic E-state index is 0.0205. The number of carbonyl (C=O) groups is 3. The van der Waals surface area contributed by atoms with Crippen LogP contribution in [0.4, 0.5) is 0 Å². The normalized spacial score (nSPS) is 24.6. The Hall–Kier alpha value is -3.45. The van der Waals surface area contributed by atoms with Crippen molar-refractivity contribution in [1.82, 2.24) is 9.80 Å². The van der Waals surface area contributed by atoms with Gasteiger partial charge in [0.25, 0.3) is 5.91 Å². The average Bonchev–Trinajstić information content (AvgIpc) is 2.91. The zero-order valence-corrected chi connectivity index (χ0v) is 24.2. The SMILES string of the molecule is C=CCN1CCC2(c3cccc(OC(C)=O)c3)C[C@H](N(CC(C)C)C(=O)c3ccccc3)CCC2(OC(C)=O)C1. The van der Waals surface area contributed by atoms with Crippen LogP contribution in [0.15, 0.2) is 67.3 Å². The molecule has 1 saturated heterocycles. The number of rotatable bonds is 9. The van der Waals surface area contributed by atoms with E-state index in [1.807, 2.05) is 59.5 Å². The largest absolute Gasteiger partial charge is 0.457 e. The van der Waals surface area contributed by atoms with Crippen LogP contribution in [0.1, 0.15) is 69.3 Å². The van der Waals surface area contributed by atoms with E-state index in [0.29, 0.717) is 50.2 Å². The van der Waals surface area contributed by atoms with E-state index >= 15 is 0 Å². The van der Waals surface area contributed by atoms with Gasteiger partial charge in [0.15, 0.2) is 0 Å². The highest BCUT2D eigenvalue weighted by Crippen LogP contribution is 2.55. The van der Waals surface area contributed by atoms with Gasteiger partial charge in [0.1, 0.15) is 11.4 Å². The molecular weight excluding hydrogens is 504 g/mol. The van der Waals surface area contributed by atoms with Crippen molar-refractivity contribution in [3.63, 3.8) is 0 Å². The predicted octanol–water partition coefficient (Wildman–Crippen LogP) is 5.39. The van der Waals surface area contributed by atoms with Crippen molar-refractivity contribution < 1.29 is 23.9 Å². The summed E-state index contributed by atoms with van der Waals surface area (Å²) >= 11 is 0. The maximum atomic E-state index is 13.9. The second-order valence-electron chi connectivity index (χ2n) is 11.7. The summed E-state index contributed by atoms with van der Waals surface area (Å²) in [6, 6.07) is 17.0. The lowest BCUT2D eigenvalue weighted by atomic mass is 9.54. The summed E-state index contributed by atoms with van der Waals surface area (Å²) in [6.07, 6.45) is 4.57. The molecule has 4 rings (SSSR count). The highest BCUT2D eigenvalue weighted by atomic mass is 16.6. The first-order chi connectivity index (χ1) is 19.1. The Morgan fingerprint density at radius 3 is 2.48 bits per heavy atom. The molecule has 0 aromatic heterocycles.